The van der Waals surface area contributed by atoms with E-state index in [1.165, 1.54) is 19.3 Å². The summed E-state index contributed by atoms with van der Waals surface area (Å²) in [7, 11) is 0. The van der Waals surface area contributed by atoms with Crippen LogP contribution in [0.5, 0.6) is 0 Å². The Hall–Kier alpha value is -1.58. The molecule has 3 fully saturated rings. The van der Waals surface area contributed by atoms with E-state index in [1.54, 1.807) is 18.2 Å². The Morgan fingerprint density at radius 2 is 2.10 bits per heavy atom. The van der Waals surface area contributed by atoms with Crippen molar-refractivity contribution in [3.63, 3.8) is 0 Å². The summed E-state index contributed by atoms with van der Waals surface area (Å²) in [5.74, 6) is 2.32. The van der Waals surface area contributed by atoms with Crippen LogP contribution >= 0.6 is 0 Å². The van der Waals surface area contributed by atoms with Gasteiger partial charge < -0.3 is 5.32 Å². The molecular formula is C16H22N2O2. The van der Waals surface area contributed by atoms with Crippen LogP contribution in [0.25, 0.3) is 0 Å². The van der Waals surface area contributed by atoms with E-state index >= 15 is 0 Å². The molecule has 0 aromatic heterocycles. The molecular weight excluding hydrogens is 252 g/mol. The molecule has 4 heteroatoms. The van der Waals surface area contributed by atoms with Crippen LogP contribution in [0.15, 0.2) is 24.3 Å². The quantitative estimate of drug-likeness (QED) is 0.665. The zero-order valence-corrected chi connectivity index (χ0v) is 12.1. The first-order valence-electron chi connectivity index (χ1n) is 7.47. The third-order valence-electron chi connectivity index (χ3n) is 5.66. The lowest BCUT2D eigenvalue weighted by molar-refractivity contribution is -0.384. The Kier molecular flexibility index (Phi) is 3.19. The largest absolute Gasteiger partial charge is 0.379 e. The molecule has 4 rings (SSSR count). The van der Waals surface area contributed by atoms with Crippen LogP contribution in [-0.2, 0) is 0 Å². The summed E-state index contributed by atoms with van der Waals surface area (Å²) in [5.41, 5.74) is 1.29. The molecule has 2 bridgehead atoms. The average molecular weight is 274 g/mol. The van der Waals surface area contributed by atoms with Crippen LogP contribution in [-0.4, -0.2) is 11.5 Å². The molecule has 1 aromatic carbocycles. The van der Waals surface area contributed by atoms with E-state index in [1.807, 2.05) is 6.07 Å². The molecule has 1 N–H and O–H groups in total. The van der Waals surface area contributed by atoms with Gasteiger partial charge in [0.25, 0.3) is 5.69 Å². The summed E-state index contributed by atoms with van der Waals surface area (Å²) in [6.45, 7) is 5.61. The Labute approximate surface area is 119 Å². The van der Waals surface area contributed by atoms with E-state index in [0.717, 1.165) is 18.4 Å². The van der Waals surface area contributed by atoms with Gasteiger partial charge in [0.2, 0.25) is 0 Å². The minimum Gasteiger partial charge on any atom is -0.379 e. The second-order valence-corrected chi connectivity index (χ2v) is 6.85. The number of hydrogen-bond donors (Lipinski definition) is 1. The van der Waals surface area contributed by atoms with Crippen molar-refractivity contribution in [2.75, 3.05) is 11.9 Å². The predicted molar refractivity (Wildman–Crippen MR) is 79.7 cm³/mol. The van der Waals surface area contributed by atoms with Crippen molar-refractivity contribution in [2.24, 2.45) is 23.2 Å². The van der Waals surface area contributed by atoms with E-state index < -0.39 is 0 Å². The molecule has 20 heavy (non-hydrogen) atoms. The van der Waals surface area contributed by atoms with Gasteiger partial charge in [0.1, 0.15) is 5.69 Å². The van der Waals surface area contributed by atoms with Crippen molar-refractivity contribution in [3.8, 4) is 0 Å². The highest BCUT2D eigenvalue weighted by molar-refractivity contribution is 5.61. The Morgan fingerprint density at radius 1 is 1.35 bits per heavy atom. The summed E-state index contributed by atoms with van der Waals surface area (Å²) in [4.78, 5) is 10.7. The number of fused-ring (bicyclic) bond motifs is 2. The van der Waals surface area contributed by atoms with E-state index in [9.17, 15) is 10.1 Å². The van der Waals surface area contributed by atoms with Crippen LogP contribution < -0.4 is 5.32 Å². The lowest BCUT2D eigenvalue weighted by Gasteiger charge is -2.60. The molecule has 3 atom stereocenters. The maximum absolute atomic E-state index is 11.0. The highest BCUT2D eigenvalue weighted by atomic mass is 16.6. The molecule has 0 heterocycles. The van der Waals surface area contributed by atoms with Gasteiger partial charge in [-0.2, -0.15) is 0 Å². The van der Waals surface area contributed by atoms with E-state index in [-0.39, 0.29) is 10.6 Å². The number of benzene rings is 1. The van der Waals surface area contributed by atoms with Gasteiger partial charge in [-0.3, -0.25) is 10.1 Å². The number of para-hydroxylation sites is 2. The summed E-state index contributed by atoms with van der Waals surface area (Å²) in [6.07, 6.45) is 3.91. The molecule has 1 aromatic rings. The van der Waals surface area contributed by atoms with Crippen molar-refractivity contribution in [1.29, 1.82) is 0 Å². The SMILES string of the molecule is CC1(C)[C@@H]2CC[C@H](CNc3ccccc3[N+](=O)[O-])[C@H]1C2. The molecule has 0 aliphatic heterocycles. The molecule has 3 saturated carbocycles. The van der Waals surface area contributed by atoms with E-state index in [4.69, 9.17) is 0 Å². The maximum Gasteiger partial charge on any atom is 0.292 e. The Morgan fingerprint density at radius 3 is 2.75 bits per heavy atom. The first-order chi connectivity index (χ1) is 9.50. The minimum atomic E-state index is -0.313. The lowest BCUT2D eigenvalue weighted by Crippen LogP contribution is -2.53. The normalized spacial score (nSPS) is 30.4. The third-order valence-corrected chi connectivity index (χ3v) is 5.66. The molecule has 0 amide bonds. The first kappa shape index (κ1) is 13.4. The van der Waals surface area contributed by atoms with Crippen LogP contribution in [0.4, 0.5) is 11.4 Å². The number of nitrogens with zero attached hydrogens (tertiary/aromatic N) is 1. The van der Waals surface area contributed by atoms with Crippen LogP contribution in [0.2, 0.25) is 0 Å². The highest BCUT2D eigenvalue weighted by Crippen LogP contribution is 2.61. The topological polar surface area (TPSA) is 55.2 Å². The fourth-order valence-electron chi connectivity index (χ4n) is 4.23. The van der Waals surface area contributed by atoms with Crippen LogP contribution in [0, 0.1) is 33.3 Å². The van der Waals surface area contributed by atoms with Crippen molar-refractivity contribution < 1.29 is 4.92 Å². The van der Waals surface area contributed by atoms with E-state index in [0.29, 0.717) is 17.0 Å². The standard InChI is InChI=1S/C16H22N2O2/c1-16(2)12-8-7-11(13(16)9-12)10-17-14-5-3-4-6-15(14)18(19)20/h3-6,11-13,17H,7-10H2,1-2H3/t11-,12-,13-/m1/s1. The van der Waals surface area contributed by atoms with Gasteiger partial charge in [0, 0.05) is 12.6 Å². The van der Waals surface area contributed by atoms with Crippen LogP contribution in [0.1, 0.15) is 33.1 Å². The van der Waals surface area contributed by atoms with Gasteiger partial charge in [-0.25, -0.2) is 0 Å². The van der Waals surface area contributed by atoms with E-state index in [2.05, 4.69) is 19.2 Å². The molecule has 108 valence electrons. The molecule has 0 radical (unpaired) electrons. The first-order valence-corrected chi connectivity index (χ1v) is 7.47. The fourth-order valence-corrected chi connectivity index (χ4v) is 4.23. The maximum atomic E-state index is 11.0. The van der Waals surface area contributed by atoms with Crippen molar-refractivity contribution in [3.05, 3.63) is 34.4 Å². The zero-order chi connectivity index (χ0) is 14.3. The smallest absolute Gasteiger partial charge is 0.292 e. The monoisotopic (exact) mass is 274 g/mol. The minimum absolute atomic E-state index is 0.175. The molecule has 0 spiro atoms. The van der Waals surface area contributed by atoms with Crippen molar-refractivity contribution in [1.82, 2.24) is 0 Å². The zero-order valence-electron chi connectivity index (χ0n) is 12.1. The van der Waals surface area contributed by atoms with Crippen LogP contribution in [0.3, 0.4) is 0 Å². The third kappa shape index (κ3) is 2.07. The summed E-state index contributed by atoms with van der Waals surface area (Å²) in [6, 6.07) is 6.92. The van der Waals surface area contributed by atoms with Gasteiger partial charge in [0.05, 0.1) is 4.92 Å². The number of nitro benzene ring substituents is 1. The number of rotatable bonds is 4. The van der Waals surface area contributed by atoms with Crippen molar-refractivity contribution in [2.45, 2.75) is 33.1 Å². The second kappa shape index (κ2) is 4.76. The van der Waals surface area contributed by atoms with Gasteiger partial charge in [-0.15, -0.1) is 0 Å². The van der Waals surface area contributed by atoms with Gasteiger partial charge in [0.15, 0.2) is 0 Å². The molecule has 0 unspecified atom stereocenters. The summed E-state index contributed by atoms with van der Waals surface area (Å²) in [5, 5.41) is 14.3. The second-order valence-electron chi connectivity index (χ2n) is 6.85. The predicted octanol–water partition coefficient (Wildman–Crippen LogP) is 4.08. The lowest BCUT2D eigenvalue weighted by atomic mass is 9.45. The number of nitrogens with one attached hydrogen (secondary N) is 1. The summed E-state index contributed by atoms with van der Waals surface area (Å²) >= 11 is 0. The van der Waals surface area contributed by atoms with Gasteiger partial charge in [-0.05, 0) is 48.5 Å². The van der Waals surface area contributed by atoms with Gasteiger partial charge >= 0.3 is 0 Å². The number of anilines is 1. The summed E-state index contributed by atoms with van der Waals surface area (Å²) < 4.78 is 0. The molecule has 3 aliphatic carbocycles. The van der Waals surface area contributed by atoms with Gasteiger partial charge in [-0.1, -0.05) is 26.0 Å². The Balaban J connectivity index is 1.67. The highest BCUT2D eigenvalue weighted by Gasteiger charge is 2.53. The molecule has 0 saturated heterocycles. The fraction of sp³-hybridized carbons (Fsp3) is 0.625. The molecule has 4 nitrogen and oxygen atoms in total. The number of nitro groups is 1. The average Bonchev–Trinajstić information content (AvgIpc) is 2.45. The number of hydrogen-bond acceptors (Lipinski definition) is 3. The molecule has 3 aliphatic rings. The van der Waals surface area contributed by atoms with Crippen molar-refractivity contribution >= 4 is 11.4 Å². The Bertz CT molecular complexity index is 525.